The van der Waals surface area contributed by atoms with Gasteiger partial charge in [-0.3, -0.25) is 9.78 Å². The molecule has 0 aliphatic carbocycles. The molecular weight excluding hydrogens is 304 g/mol. The maximum Gasteiger partial charge on any atom is 0.241 e. The van der Waals surface area contributed by atoms with E-state index in [0.717, 1.165) is 24.3 Å². The molecule has 1 aromatic carbocycles. The van der Waals surface area contributed by atoms with Gasteiger partial charge in [-0.1, -0.05) is 17.7 Å². The molecule has 1 saturated heterocycles. The molecule has 2 heterocycles. The monoisotopic (exact) mass is 326 g/mol. The van der Waals surface area contributed by atoms with Crippen molar-refractivity contribution in [1.82, 2.24) is 14.9 Å². The largest absolute Gasteiger partial charge is 0.437 e. The Morgan fingerprint density at radius 1 is 1.21 bits per heavy atom. The molecule has 0 radical (unpaired) electrons. The van der Waals surface area contributed by atoms with Gasteiger partial charge in [-0.2, -0.15) is 0 Å². The maximum absolute atomic E-state index is 11.7. The number of amides is 1. The third-order valence-corrected chi connectivity index (χ3v) is 4.34. The second kappa shape index (κ2) is 7.40. The number of aromatic nitrogens is 2. The van der Waals surface area contributed by atoms with Crippen LogP contribution in [0.1, 0.15) is 30.0 Å². The number of piperidine rings is 1. The number of rotatable bonds is 4. The van der Waals surface area contributed by atoms with E-state index in [1.165, 1.54) is 5.56 Å². The highest BCUT2D eigenvalue weighted by Gasteiger charge is 2.26. The Labute approximate surface area is 141 Å². The number of carbonyl (C=O) groups excluding carboxylic acids is 1. The van der Waals surface area contributed by atoms with E-state index in [1.54, 1.807) is 12.4 Å². The average molecular weight is 326 g/mol. The number of hydrogen-bond donors (Lipinski definition) is 1. The Morgan fingerprint density at radius 3 is 2.54 bits per heavy atom. The lowest BCUT2D eigenvalue weighted by molar-refractivity contribution is -0.130. The zero-order chi connectivity index (χ0) is 16.9. The van der Waals surface area contributed by atoms with Crippen LogP contribution in [0.15, 0.2) is 36.7 Å². The molecule has 6 heteroatoms. The first-order valence-electron chi connectivity index (χ1n) is 8.20. The molecule has 2 aromatic rings. The quantitative estimate of drug-likeness (QED) is 0.932. The van der Waals surface area contributed by atoms with Crippen molar-refractivity contribution < 1.29 is 9.53 Å². The molecule has 0 unspecified atom stereocenters. The molecule has 1 fully saturated rings. The van der Waals surface area contributed by atoms with E-state index in [-0.39, 0.29) is 18.4 Å². The summed E-state index contributed by atoms with van der Waals surface area (Å²) >= 11 is 0. The topological polar surface area (TPSA) is 81.3 Å². The first-order chi connectivity index (χ1) is 11.7. The molecule has 1 amide bonds. The van der Waals surface area contributed by atoms with Gasteiger partial charge in [0.1, 0.15) is 11.4 Å². The molecule has 0 spiro atoms. The summed E-state index contributed by atoms with van der Waals surface area (Å²) in [6.07, 6.45) is 5.01. The number of ether oxygens (including phenoxy) is 1. The third-order valence-electron chi connectivity index (χ3n) is 4.34. The Bertz CT molecular complexity index is 694. The molecule has 1 aliphatic rings. The summed E-state index contributed by atoms with van der Waals surface area (Å²) in [6, 6.07) is 7.86. The van der Waals surface area contributed by atoms with Crippen LogP contribution in [-0.2, 0) is 4.79 Å². The SMILES string of the molecule is Cc1ccc(Oc2nccnc2C2CCN(C(=O)CN)CC2)cc1. The minimum Gasteiger partial charge on any atom is -0.437 e. The average Bonchev–Trinajstić information content (AvgIpc) is 2.63. The van der Waals surface area contributed by atoms with Crippen molar-refractivity contribution >= 4 is 5.91 Å². The highest BCUT2D eigenvalue weighted by atomic mass is 16.5. The van der Waals surface area contributed by atoms with Crippen molar-refractivity contribution in [3.8, 4) is 11.6 Å². The minimum absolute atomic E-state index is 0.00345. The zero-order valence-corrected chi connectivity index (χ0v) is 13.8. The number of benzene rings is 1. The normalized spacial score (nSPS) is 15.3. The van der Waals surface area contributed by atoms with Crippen molar-refractivity contribution in [1.29, 1.82) is 0 Å². The summed E-state index contributed by atoms with van der Waals surface area (Å²) in [5, 5.41) is 0. The van der Waals surface area contributed by atoms with Crippen molar-refractivity contribution in [3.63, 3.8) is 0 Å². The molecule has 3 rings (SSSR count). The van der Waals surface area contributed by atoms with Crippen LogP contribution in [0.25, 0.3) is 0 Å². The van der Waals surface area contributed by atoms with E-state index >= 15 is 0 Å². The summed E-state index contributed by atoms with van der Waals surface area (Å²) < 4.78 is 5.94. The van der Waals surface area contributed by atoms with Crippen LogP contribution >= 0.6 is 0 Å². The molecule has 24 heavy (non-hydrogen) atoms. The molecule has 2 N–H and O–H groups in total. The lowest BCUT2D eigenvalue weighted by Crippen LogP contribution is -2.41. The van der Waals surface area contributed by atoms with Gasteiger partial charge in [0.05, 0.1) is 6.54 Å². The van der Waals surface area contributed by atoms with Gasteiger partial charge < -0.3 is 15.4 Å². The van der Waals surface area contributed by atoms with E-state index in [4.69, 9.17) is 10.5 Å². The number of nitrogens with zero attached hydrogens (tertiary/aromatic N) is 3. The van der Waals surface area contributed by atoms with Gasteiger partial charge in [0.2, 0.25) is 11.8 Å². The smallest absolute Gasteiger partial charge is 0.241 e. The standard InChI is InChI=1S/C18H22N4O2/c1-13-2-4-15(5-3-13)24-18-17(20-8-9-21-18)14-6-10-22(11-7-14)16(23)12-19/h2-5,8-9,14H,6-7,10-12,19H2,1H3. The maximum atomic E-state index is 11.7. The third kappa shape index (κ3) is 3.71. The molecule has 0 atom stereocenters. The van der Waals surface area contributed by atoms with Crippen LogP contribution in [0.3, 0.4) is 0 Å². The van der Waals surface area contributed by atoms with Gasteiger partial charge in [0.25, 0.3) is 0 Å². The molecule has 0 bridgehead atoms. The molecule has 0 saturated carbocycles. The fourth-order valence-electron chi connectivity index (χ4n) is 2.94. The van der Waals surface area contributed by atoms with Crippen molar-refractivity contribution in [2.75, 3.05) is 19.6 Å². The number of likely N-dealkylation sites (tertiary alicyclic amines) is 1. The van der Waals surface area contributed by atoms with Gasteiger partial charge in [-0.25, -0.2) is 4.98 Å². The minimum atomic E-state index is 0.00345. The molecule has 6 nitrogen and oxygen atoms in total. The Balaban J connectivity index is 1.73. The summed E-state index contributed by atoms with van der Waals surface area (Å²) in [4.78, 5) is 22.4. The van der Waals surface area contributed by atoms with Crippen LogP contribution < -0.4 is 10.5 Å². The van der Waals surface area contributed by atoms with Crippen molar-refractivity contribution in [3.05, 3.63) is 47.9 Å². The fourth-order valence-corrected chi connectivity index (χ4v) is 2.94. The summed E-state index contributed by atoms with van der Waals surface area (Å²) in [7, 11) is 0. The number of carbonyl (C=O) groups is 1. The predicted molar refractivity (Wildman–Crippen MR) is 90.9 cm³/mol. The number of hydrogen-bond acceptors (Lipinski definition) is 5. The van der Waals surface area contributed by atoms with Crippen LogP contribution in [0, 0.1) is 6.92 Å². The van der Waals surface area contributed by atoms with Gasteiger partial charge in [0.15, 0.2) is 0 Å². The van der Waals surface area contributed by atoms with Crippen LogP contribution in [-0.4, -0.2) is 40.4 Å². The van der Waals surface area contributed by atoms with Crippen molar-refractivity contribution in [2.45, 2.75) is 25.7 Å². The fraction of sp³-hybridized carbons (Fsp3) is 0.389. The van der Waals surface area contributed by atoms with Gasteiger partial charge in [-0.15, -0.1) is 0 Å². The van der Waals surface area contributed by atoms with Crippen LogP contribution in [0.5, 0.6) is 11.6 Å². The lowest BCUT2D eigenvalue weighted by atomic mass is 9.93. The van der Waals surface area contributed by atoms with E-state index in [1.807, 2.05) is 36.1 Å². The first-order valence-corrected chi connectivity index (χ1v) is 8.20. The molecular formula is C18H22N4O2. The van der Waals surface area contributed by atoms with Gasteiger partial charge in [0, 0.05) is 31.4 Å². The Kier molecular flexibility index (Phi) is 5.05. The van der Waals surface area contributed by atoms with E-state index < -0.39 is 0 Å². The van der Waals surface area contributed by atoms with Crippen molar-refractivity contribution in [2.24, 2.45) is 5.73 Å². The predicted octanol–water partition coefficient (Wildman–Crippen LogP) is 2.24. The Morgan fingerprint density at radius 2 is 1.88 bits per heavy atom. The van der Waals surface area contributed by atoms with E-state index in [9.17, 15) is 4.79 Å². The number of aryl methyl sites for hydroxylation is 1. The summed E-state index contributed by atoms with van der Waals surface area (Å²) in [5.41, 5.74) is 7.47. The lowest BCUT2D eigenvalue weighted by Gasteiger charge is -2.31. The van der Waals surface area contributed by atoms with Gasteiger partial charge >= 0.3 is 0 Å². The van der Waals surface area contributed by atoms with Crippen LogP contribution in [0.4, 0.5) is 0 Å². The highest BCUT2D eigenvalue weighted by molar-refractivity contribution is 5.78. The second-order valence-electron chi connectivity index (χ2n) is 6.02. The summed E-state index contributed by atoms with van der Waals surface area (Å²) in [5.74, 6) is 1.53. The molecule has 126 valence electrons. The second-order valence-corrected chi connectivity index (χ2v) is 6.02. The van der Waals surface area contributed by atoms with Gasteiger partial charge in [-0.05, 0) is 31.9 Å². The molecule has 1 aromatic heterocycles. The first kappa shape index (κ1) is 16.4. The van der Waals surface area contributed by atoms with E-state index in [2.05, 4.69) is 9.97 Å². The zero-order valence-electron chi connectivity index (χ0n) is 13.8. The Hall–Kier alpha value is -2.47. The summed E-state index contributed by atoms with van der Waals surface area (Å²) in [6.45, 7) is 3.49. The molecule has 1 aliphatic heterocycles. The number of nitrogens with two attached hydrogens (primary N) is 1. The van der Waals surface area contributed by atoms with Crippen LogP contribution in [0.2, 0.25) is 0 Å². The van der Waals surface area contributed by atoms with E-state index in [0.29, 0.717) is 19.0 Å². The highest BCUT2D eigenvalue weighted by Crippen LogP contribution is 2.33.